The molecule has 270 valence electrons. The zero-order valence-electron chi connectivity index (χ0n) is 28.8. The van der Waals surface area contributed by atoms with Crippen molar-refractivity contribution in [2.75, 3.05) is 39.9 Å². The lowest BCUT2D eigenvalue weighted by molar-refractivity contribution is -0.259. The van der Waals surface area contributed by atoms with Gasteiger partial charge in [0.1, 0.15) is 22.8 Å². The quantitative estimate of drug-likeness (QED) is 0.264. The Morgan fingerprint density at radius 2 is 1.72 bits per heavy atom. The highest BCUT2D eigenvalue weighted by Crippen LogP contribution is 2.52. The Labute approximate surface area is 289 Å². The molecule has 2 saturated heterocycles. The summed E-state index contributed by atoms with van der Waals surface area (Å²) in [4.78, 5) is 56.6. The van der Waals surface area contributed by atoms with E-state index in [2.05, 4.69) is 0 Å². The number of benzene rings is 2. The summed E-state index contributed by atoms with van der Waals surface area (Å²) in [5, 5.41) is 46.1. The van der Waals surface area contributed by atoms with Crippen molar-refractivity contribution < 1.29 is 58.6 Å². The van der Waals surface area contributed by atoms with Crippen LogP contribution in [0, 0.1) is 5.92 Å². The monoisotopic (exact) mass is 696 g/mol. The van der Waals surface area contributed by atoms with Gasteiger partial charge in [0, 0.05) is 68.2 Å². The molecule has 0 spiro atoms. The van der Waals surface area contributed by atoms with Crippen LogP contribution >= 0.6 is 0 Å². The lowest BCUT2D eigenvalue weighted by atomic mass is 9.72. The second kappa shape index (κ2) is 13.6. The first-order valence-electron chi connectivity index (χ1n) is 16.9. The van der Waals surface area contributed by atoms with E-state index in [1.54, 1.807) is 11.8 Å². The van der Waals surface area contributed by atoms with Crippen molar-refractivity contribution in [1.82, 2.24) is 9.80 Å². The number of fused-ring (bicyclic) bond motifs is 3. The number of nitrogens with zero attached hydrogens (tertiary/aromatic N) is 2. The summed E-state index contributed by atoms with van der Waals surface area (Å²) in [6, 6.07) is 3.99. The molecule has 6 atom stereocenters. The van der Waals surface area contributed by atoms with Gasteiger partial charge in [-0.1, -0.05) is 26.0 Å². The number of piperazine rings is 1. The summed E-state index contributed by atoms with van der Waals surface area (Å²) in [7, 11) is 1.34. The lowest BCUT2D eigenvalue weighted by Gasteiger charge is -2.47. The summed E-state index contributed by atoms with van der Waals surface area (Å²) in [6.45, 7) is 8.80. The number of carbonyl (C=O) groups is 4. The van der Waals surface area contributed by atoms with E-state index in [4.69, 9.17) is 18.9 Å². The number of hydrogen-bond donors (Lipinski definition) is 4. The van der Waals surface area contributed by atoms with Gasteiger partial charge in [-0.3, -0.25) is 19.3 Å². The fourth-order valence-corrected chi connectivity index (χ4v) is 7.53. The number of rotatable bonds is 7. The number of Topliss-reactive ketones (excluding diaryl/α,β-unsaturated/α-hetero) is 1. The van der Waals surface area contributed by atoms with E-state index in [1.807, 2.05) is 18.7 Å². The van der Waals surface area contributed by atoms with Gasteiger partial charge >= 0.3 is 6.09 Å². The van der Waals surface area contributed by atoms with Crippen LogP contribution < -0.4 is 4.74 Å². The van der Waals surface area contributed by atoms with E-state index >= 15 is 0 Å². The van der Waals surface area contributed by atoms with Crippen molar-refractivity contribution in [3.8, 4) is 17.2 Å². The van der Waals surface area contributed by atoms with Gasteiger partial charge in [0.2, 0.25) is 5.78 Å². The van der Waals surface area contributed by atoms with E-state index in [1.165, 1.54) is 32.2 Å². The molecule has 2 aliphatic carbocycles. The van der Waals surface area contributed by atoms with E-state index in [-0.39, 0.29) is 52.9 Å². The molecule has 2 heterocycles. The number of ether oxygens (including phenoxy) is 4. The number of phenols is 2. The van der Waals surface area contributed by atoms with Crippen LogP contribution in [-0.2, 0) is 25.4 Å². The smallest absolute Gasteiger partial charge is 0.409 e. The van der Waals surface area contributed by atoms with Crippen molar-refractivity contribution in [3.05, 3.63) is 51.6 Å². The van der Waals surface area contributed by atoms with Gasteiger partial charge < -0.3 is 44.3 Å². The maximum absolute atomic E-state index is 13.9. The van der Waals surface area contributed by atoms with Crippen LogP contribution in [0.1, 0.15) is 89.6 Å². The molecule has 2 aromatic carbocycles. The molecule has 0 aromatic heterocycles. The first-order chi connectivity index (χ1) is 23.7. The molecule has 4 aliphatic rings. The minimum absolute atomic E-state index is 0.0237. The second-order valence-electron chi connectivity index (χ2n) is 14.0. The largest absolute Gasteiger partial charge is 0.507 e. The third-order valence-electron chi connectivity index (χ3n) is 10.3. The third-order valence-corrected chi connectivity index (χ3v) is 10.3. The molecule has 14 heteroatoms. The molecule has 2 aromatic rings. The maximum atomic E-state index is 13.9. The number of aromatic hydroxyl groups is 2. The van der Waals surface area contributed by atoms with Gasteiger partial charge in [-0.15, -0.1) is 0 Å². The molecule has 50 heavy (non-hydrogen) atoms. The minimum Gasteiger partial charge on any atom is -0.507 e. The molecule has 6 rings (SSSR count). The predicted octanol–water partition coefficient (Wildman–Crippen LogP) is 2.48. The van der Waals surface area contributed by atoms with Crippen LogP contribution in [0.15, 0.2) is 18.2 Å². The highest BCUT2D eigenvalue weighted by molar-refractivity contribution is 6.31. The highest BCUT2D eigenvalue weighted by atomic mass is 16.7. The number of carbonyl (C=O) groups excluding carboxylic acids is 4. The van der Waals surface area contributed by atoms with Crippen LogP contribution in [0.4, 0.5) is 4.79 Å². The van der Waals surface area contributed by atoms with E-state index in [9.17, 15) is 39.6 Å². The van der Waals surface area contributed by atoms with Gasteiger partial charge in [-0.2, -0.15) is 0 Å². The van der Waals surface area contributed by atoms with E-state index in [0.717, 1.165) is 0 Å². The van der Waals surface area contributed by atoms with E-state index in [0.29, 0.717) is 32.8 Å². The number of methoxy groups -OCH3 is 1. The summed E-state index contributed by atoms with van der Waals surface area (Å²) in [5.74, 6) is -3.02. The van der Waals surface area contributed by atoms with Gasteiger partial charge in [0.15, 0.2) is 17.9 Å². The van der Waals surface area contributed by atoms with Crippen LogP contribution in [0.2, 0.25) is 0 Å². The summed E-state index contributed by atoms with van der Waals surface area (Å²) < 4.78 is 23.2. The number of amides is 1. The molecule has 2 fully saturated rings. The molecule has 1 amide bonds. The summed E-state index contributed by atoms with van der Waals surface area (Å²) >= 11 is 0. The Hall–Kier alpha value is -4.08. The van der Waals surface area contributed by atoms with Crippen molar-refractivity contribution >= 4 is 23.4 Å². The van der Waals surface area contributed by atoms with Crippen molar-refractivity contribution in [2.45, 2.75) is 83.2 Å². The zero-order valence-corrected chi connectivity index (χ0v) is 28.8. The fraction of sp³-hybridized carbons (Fsp3) is 0.556. The second-order valence-corrected chi connectivity index (χ2v) is 14.0. The van der Waals surface area contributed by atoms with Crippen LogP contribution in [0.3, 0.4) is 0 Å². The summed E-state index contributed by atoms with van der Waals surface area (Å²) in [6.07, 6.45) is -4.94. The van der Waals surface area contributed by atoms with E-state index < -0.39 is 82.6 Å². The number of aliphatic hydroxyl groups excluding tert-OH is 1. The SMILES string of the molecule is COc1cccc2c1C(=O)c1c(O)c3c(c(O)c1C2=O)C[C@@](O)(C(C)=O)C[C@@H]3O[C@H]1CC(N2CCN(C(=O)OCC(C)C)CC2)[C@H](O)[C@H](C)O1. The topological polar surface area (TPSA) is 193 Å². The molecule has 0 bridgehead atoms. The predicted molar refractivity (Wildman–Crippen MR) is 175 cm³/mol. The number of hydrogen-bond acceptors (Lipinski definition) is 13. The van der Waals surface area contributed by atoms with Crippen molar-refractivity contribution in [3.63, 3.8) is 0 Å². The normalized spacial score (nSPS) is 28.2. The molecule has 1 unspecified atom stereocenters. The Kier molecular flexibility index (Phi) is 9.70. The lowest BCUT2D eigenvalue weighted by Crippen LogP contribution is -2.60. The molecule has 14 nitrogen and oxygen atoms in total. The molecular weight excluding hydrogens is 652 g/mol. The van der Waals surface area contributed by atoms with Gasteiger partial charge in [-0.05, 0) is 25.8 Å². The number of aliphatic hydroxyl groups is 2. The molecule has 2 aliphatic heterocycles. The number of phenolic OH excluding ortho intramolecular Hbond substituents is 2. The molecule has 0 saturated carbocycles. The molecule has 0 radical (unpaired) electrons. The molecular formula is C36H44N2O12. The molecule has 4 N–H and O–H groups in total. The summed E-state index contributed by atoms with van der Waals surface area (Å²) in [5.41, 5.74) is -3.13. The first-order valence-corrected chi connectivity index (χ1v) is 16.9. The van der Waals surface area contributed by atoms with Gasteiger partial charge in [0.05, 0.1) is 48.7 Å². The minimum atomic E-state index is -2.04. The van der Waals surface area contributed by atoms with Crippen LogP contribution in [-0.4, -0.2) is 124 Å². The van der Waals surface area contributed by atoms with Gasteiger partial charge in [0.25, 0.3) is 0 Å². The van der Waals surface area contributed by atoms with Crippen molar-refractivity contribution in [1.29, 1.82) is 0 Å². The standard InChI is InChI=1S/C36H44N2O12/c1-17(2)16-48-35(45)38-11-9-37(10-12-38)22-13-25(49-18(3)30(22)40)50-24-15-36(46,19(4)39)14-21-27(24)34(44)29-28(32(21)42)31(41)20-7-6-8-23(47-5)26(20)33(29)43/h6-8,17-18,22,24-25,30,40,42,44,46H,9-16H2,1-5H3/t18-,22?,24-,25-,30+,36-/m0/s1. The Balaban J connectivity index is 1.31. The van der Waals surface area contributed by atoms with Crippen LogP contribution in [0.5, 0.6) is 17.2 Å². The third kappa shape index (κ3) is 6.13. The Bertz CT molecular complexity index is 1720. The zero-order chi connectivity index (χ0) is 36.2. The average Bonchev–Trinajstić information content (AvgIpc) is 3.08. The maximum Gasteiger partial charge on any atom is 0.409 e. The fourth-order valence-electron chi connectivity index (χ4n) is 7.53. The number of ketones is 3. The highest BCUT2D eigenvalue weighted by Gasteiger charge is 2.50. The Morgan fingerprint density at radius 1 is 1.04 bits per heavy atom. The first kappa shape index (κ1) is 35.7. The van der Waals surface area contributed by atoms with Gasteiger partial charge in [-0.25, -0.2) is 4.79 Å². The Morgan fingerprint density at radius 3 is 2.36 bits per heavy atom. The van der Waals surface area contributed by atoms with Crippen molar-refractivity contribution in [2.24, 2.45) is 5.92 Å². The van der Waals surface area contributed by atoms with Crippen LogP contribution in [0.25, 0.3) is 0 Å². The average molecular weight is 697 g/mol.